The lowest BCUT2D eigenvalue weighted by Crippen LogP contribution is -2.53. The van der Waals surface area contributed by atoms with Crippen LogP contribution < -0.4 is 10.6 Å². The Morgan fingerprint density at radius 1 is 1.20 bits per heavy atom. The van der Waals surface area contributed by atoms with Crippen molar-refractivity contribution in [2.45, 2.75) is 12.2 Å². The van der Waals surface area contributed by atoms with Crippen molar-refractivity contribution in [1.82, 2.24) is 20.5 Å². The van der Waals surface area contributed by atoms with Gasteiger partial charge in [-0.3, -0.25) is 4.79 Å². The van der Waals surface area contributed by atoms with Gasteiger partial charge in [-0.2, -0.15) is 13.2 Å². The Bertz CT molecular complexity index is 987. The van der Waals surface area contributed by atoms with Crippen LogP contribution in [0.4, 0.5) is 22.4 Å². The number of rotatable bonds is 3. The van der Waals surface area contributed by atoms with Crippen molar-refractivity contribution in [2.75, 3.05) is 19.6 Å². The molecule has 1 aromatic heterocycles. The summed E-state index contributed by atoms with van der Waals surface area (Å²) in [4.78, 5) is 29.0. The van der Waals surface area contributed by atoms with Crippen molar-refractivity contribution in [3.8, 4) is 0 Å². The molecule has 0 bridgehead atoms. The summed E-state index contributed by atoms with van der Waals surface area (Å²) in [5.74, 6) is -1.11. The Morgan fingerprint density at radius 2 is 1.93 bits per heavy atom. The van der Waals surface area contributed by atoms with E-state index in [2.05, 4.69) is 15.6 Å². The highest BCUT2D eigenvalue weighted by atomic mass is 35.5. The molecular formula is C18H14Cl2F4N4O2. The molecule has 3 rings (SSSR count). The van der Waals surface area contributed by atoms with Gasteiger partial charge < -0.3 is 15.5 Å². The van der Waals surface area contributed by atoms with Crippen LogP contribution in [0.25, 0.3) is 0 Å². The van der Waals surface area contributed by atoms with Crippen molar-refractivity contribution in [3.63, 3.8) is 0 Å². The predicted molar refractivity (Wildman–Crippen MR) is 101 cm³/mol. The average molecular weight is 465 g/mol. The number of hydrogen-bond donors (Lipinski definition) is 2. The van der Waals surface area contributed by atoms with E-state index in [0.717, 1.165) is 12.1 Å². The Balaban J connectivity index is 2.01. The minimum atomic E-state index is -4.83. The molecule has 0 spiro atoms. The highest BCUT2D eigenvalue weighted by Crippen LogP contribution is 2.35. The van der Waals surface area contributed by atoms with E-state index in [1.165, 1.54) is 23.1 Å². The van der Waals surface area contributed by atoms with E-state index in [-0.39, 0.29) is 41.8 Å². The van der Waals surface area contributed by atoms with Gasteiger partial charge in [0.05, 0.1) is 21.8 Å². The van der Waals surface area contributed by atoms with Crippen molar-refractivity contribution in [3.05, 3.63) is 63.1 Å². The summed E-state index contributed by atoms with van der Waals surface area (Å²) < 4.78 is 53.3. The van der Waals surface area contributed by atoms with Gasteiger partial charge in [-0.1, -0.05) is 29.3 Å². The van der Waals surface area contributed by atoms with Crippen molar-refractivity contribution in [2.24, 2.45) is 0 Å². The summed E-state index contributed by atoms with van der Waals surface area (Å²) in [6.45, 7) is 0.220. The van der Waals surface area contributed by atoms with Crippen molar-refractivity contribution in [1.29, 1.82) is 0 Å². The van der Waals surface area contributed by atoms with E-state index in [4.69, 9.17) is 23.2 Å². The second-order valence-electron chi connectivity index (χ2n) is 6.39. The number of carbonyl (C=O) groups is 2. The van der Waals surface area contributed by atoms with Gasteiger partial charge in [-0.15, -0.1) is 0 Å². The minimum Gasteiger partial charge on any atom is -0.353 e. The van der Waals surface area contributed by atoms with Crippen LogP contribution in [-0.4, -0.2) is 41.5 Å². The van der Waals surface area contributed by atoms with Crippen LogP contribution in [0.5, 0.6) is 0 Å². The highest BCUT2D eigenvalue weighted by molar-refractivity contribution is 6.31. The van der Waals surface area contributed by atoms with E-state index >= 15 is 0 Å². The van der Waals surface area contributed by atoms with Gasteiger partial charge in [0.25, 0.3) is 0 Å². The summed E-state index contributed by atoms with van der Waals surface area (Å²) in [6.07, 6.45) is -4.83. The van der Waals surface area contributed by atoms with Crippen molar-refractivity contribution < 1.29 is 27.2 Å². The van der Waals surface area contributed by atoms with Gasteiger partial charge >= 0.3 is 12.2 Å². The molecule has 2 N–H and O–H groups in total. The fourth-order valence-electron chi connectivity index (χ4n) is 2.86. The standard InChI is InChI=1S/C18H14Cl2F4N4O2/c19-10-2-4-13(26-16(10)18(22,23)24)15(9-1-3-12(21)11(20)7-9)27-17(30)28-6-5-25-14(29)8-28/h1-4,7,15H,5-6,8H2,(H,25,29)(H,27,30)/t15-/m0/s1. The van der Waals surface area contributed by atoms with E-state index in [9.17, 15) is 27.2 Å². The zero-order chi connectivity index (χ0) is 22.1. The number of hydrogen-bond acceptors (Lipinski definition) is 3. The fourth-order valence-corrected chi connectivity index (χ4v) is 3.26. The molecule has 0 saturated carbocycles. The molecule has 1 saturated heterocycles. The van der Waals surface area contributed by atoms with Gasteiger partial charge in [-0.25, -0.2) is 14.2 Å². The number of halogens is 6. The number of carbonyl (C=O) groups excluding carboxylic acids is 2. The lowest BCUT2D eigenvalue weighted by atomic mass is 10.0. The lowest BCUT2D eigenvalue weighted by Gasteiger charge is -2.29. The van der Waals surface area contributed by atoms with Gasteiger partial charge in [-0.05, 0) is 29.8 Å². The number of nitrogens with one attached hydrogen (secondary N) is 2. The monoisotopic (exact) mass is 464 g/mol. The van der Waals surface area contributed by atoms with Crippen LogP contribution in [0.1, 0.15) is 23.0 Å². The quantitative estimate of drug-likeness (QED) is 0.678. The average Bonchev–Trinajstić information content (AvgIpc) is 2.68. The van der Waals surface area contributed by atoms with Crippen LogP contribution in [0, 0.1) is 5.82 Å². The first-order valence-corrected chi connectivity index (χ1v) is 9.32. The third kappa shape index (κ3) is 4.93. The topological polar surface area (TPSA) is 74.3 Å². The lowest BCUT2D eigenvalue weighted by molar-refractivity contribution is -0.141. The summed E-state index contributed by atoms with van der Waals surface area (Å²) in [5, 5.41) is 4.20. The Hall–Kier alpha value is -2.59. The van der Waals surface area contributed by atoms with E-state index < -0.39 is 34.8 Å². The van der Waals surface area contributed by atoms with Crippen LogP contribution in [0.3, 0.4) is 0 Å². The van der Waals surface area contributed by atoms with Gasteiger partial charge in [0, 0.05) is 13.1 Å². The number of benzene rings is 1. The molecule has 2 heterocycles. The summed E-state index contributed by atoms with van der Waals surface area (Å²) >= 11 is 11.4. The predicted octanol–water partition coefficient (Wildman–Crippen LogP) is 3.78. The van der Waals surface area contributed by atoms with Crippen LogP contribution >= 0.6 is 23.2 Å². The Morgan fingerprint density at radius 3 is 2.57 bits per heavy atom. The third-order valence-corrected chi connectivity index (χ3v) is 4.90. The van der Waals surface area contributed by atoms with Gasteiger partial charge in [0.15, 0.2) is 5.69 Å². The third-order valence-electron chi connectivity index (χ3n) is 4.30. The molecule has 1 atom stereocenters. The first kappa shape index (κ1) is 22.1. The molecule has 2 aromatic rings. The maximum absolute atomic E-state index is 13.6. The SMILES string of the molecule is O=C1CN(C(=O)N[C@@H](c2ccc(F)c(Cl)c2)c2ccc(Cl)c(C(F)(F)F)n2)CCN1. The zero-order valence-corrected chi connectivity index (χ0v) is 16.6. The molecular weight excluding hydrogens is 451 g/mol. The molecule has 6 nitrogen and oxygen atoms in total. The molecule has 0 aliphatic carbocycles. The Labute approximate surface area is 178 Å². The molecule has 1 aliphatic rings. The molecule has 1 fully saturated rings. The molecule has 0 unspecified atom stereocenters. The normalized spacial score (nSPS) is 15.5. The smallest absolute Gasteiger partial charge is 0.353 e. The summed E-state index contributed by atoms with van der Waals surface area (Å²) in [5.41, 5.74) is -1.32. The number of pyridine rings is 1. The highest BCUT2D eigenvalue weighted by Gasteiger charge is 2.36. The number of amides is 3. The number of piperazine rings is 1. The van der Waals surface area contributed by atoms with Gasteiger partial charge in [0.1, 0.15) is 12.4 Å². The summed E-state index contributed by atoms with van der Waals surface area (Å²) in [6, 6.07) is 3.76. The first-order chi connectivity index (χ1) is 14.1. The largest absolute Gasteiger partial charge is 0.434 e. The van der Waals surface area contributed by atoms with Crippen molar-refractivity contribution >= 4 is 35.1 Å². The zero-order valence-electron chi connectivity index (χ0n) is 15.1. The van der Waals surface area contributed by atoms with Gasteiger partial charge in [0.2, 0.25) is 5.91 Å². The van der Waals surface area contributed by atoms with E-state index in [0.29, 0.717) is 0 Å². The fraction of sp³-hybridized carbons (Fsp3) is 0.278. The molecule has 30 heavy (non-hydrogen) atoms. The molecule has 160 valence electrons. The number of nitrogens with zero attached hydrogens (tertiary/aromatic N) is 2. The maximum Gasteiger partial charge on any atom is 0.434 e. The number of alkyl halides is 3. The minimum absolute atomic E-state index is 0.191. The molecule has 12 heteroatoms. The molecule has 3 amide bonds. The number of aromatic nitrogens is 1. The summed E-state index contributed by atoms with van der Waals surface area (Å²) in [7, 11) is 0. The molecule has 0 radical (unpaired) electrons. The Kier molecular flexibility index (Phi) is 6.37. The molecule has 1 aromatic carbocycles. The van der Waals surface area contributed by atoms with Crippen LogP contribution in [-0.2, 0) is 11.0 Å². The van der Waals surface area contributed by atoms with E-state index in [1.54, 1.807) is 0 Å². The number of urea groups is 1. The molecule has 1 aliphatic heterocycles. The first-order valence-electron chi connectivity index (χ1n) is 8.57. The van der Waals surface area contributed by atoms with E-state index in [1.807, 2.05) is 0 Å². The van der Waals surface area contributed by atoms with Crippen LogP contribution in [0.15, 0.2) is 30.3 Å². The second-order valence-corrected chi connectivity index (χ2v) is 7.21. The maximum atomic E-state index is 13.6. The van der Waals surface area contributed by atoms with Crippen LogP contribution in [0.2, 0.25) is 10.0 Å². The second kappa shape index (κ2) is 8.65.